The molecular weight excluding hydrogens is 408 g/mol. The van der Waals surface area contributed by atoms with Crippen molar-refractivity contribution in [2.45, 2.75) is 33.7 Å². The molecule has 0 saturated heterocycles. The summed E-state index contributed by atoms with van der Waals surface area (Å²) in [6, 6.07) is 10.1. The minimum Gasteiger partial charge on any atom is -0.314 e. The second-order valence-corrected chi connectivity index (χ2v) is 7.60. The van der Waals surface area contributed by atoms with Crippen LogP contribution < -0.4 is 5.32 Å². The molecule has 3 N–H and O–H groups in total. The van der Waals surface area contributed by atoms with Gasteiger partial charge in [-0.05, 0) is 44.2 Å². The molecule has 2 aromatic heterocycles. The summed E-state index contributed by atoms with van der Waals surface area (Å²) >= 11 is 7.22. The average molecular weight is 431 g/mol. The van der Waals surface area contributed by atoms with Crippen molar-refractivity contribution in [3.8, 4) is 0 Å². The van der Waals surface area contributed by atoms with E-state index < -0.39 is 0 Å². The van der Waals surface area contributed by atoms with Crippen molar-refractivity contribution in [1.82, 2.24) is 14.9 Å². The van der Waals surface area contributed by atoms with E-state index in [1.165, 1.54) is 16.2 Å². The van der Waals surface area contributed by atoms with Crippen molar-refractivity contribution in [2.75, 3.05) is 5.32 Å². The third-order valence-electron chi connectivity index (χ3n) is 3.81. The molecule has 0 spiro atoms. The van der Waals surface area contributed by atoms with Crippen molar-refractivity contribution >= 4 is 57.1 Å². The molecule has 0 radical (unpaired) electrons. The van der Waals surface area contributed by atoms with Crippen LogP contribution in [-0.4, -0.2) is 39.0 Å². The molecule has 29 heavy (non-hydrogen) atoms. The number of rotatable bonds is 5. The molecule has 7 nitrogen and oxygen atoms in total. The molecular formula is C20H23ClN6OS. The smallest absolute Gasteiger partial charge is 0.256 e. The van der Waals surface area contributed by atoms with Crippen LogP contribution in [0.4, 0.5) is 5.82 Å². The summed E-state index contributed by atoms with van der Waals surface area (Å²) in [4.78, 5) is 22.5. The number of amidine groups is 1. The van der Waals surface area contributed by atoms with Gasteiger partial charge in [-0.15, -0.1) is 11.3 Å². The minimum atomic E-state index is -0.314. The predicted octanol–water partition coefficient (Wildman–Crippen LogP) is 5.27. The van der Waals surface area contributed by atoms with Gasteiger partial charge in [-0.25, -0.2) is 9.97 Å². The molecule has 0 unspecified atom stereocenters. The van der Waals surface area contributed by atoms with E-state index >= 15 is 0 Å². The topological polar surface area (TPSA) is 106 Å². The highest BCUT2D eigenvalue weighted by molar-refractivity contribution is 7.22. The van der Waals surface area contributed by atoms with Gasteiger partial charge in [-0.2, -0.15) is 0 Å². The van der Waals surface area contributed by atoms with Gasteiger partial charge in [0.1, 0.15) is 11.5 Å². The summed E-state index contributed by atoms with van der Waals surface area (Å²) in [5, 5.41) is 18.4. The van der Waals surface area contributed by atoms with Gasteiger partial charge in [0.2, 0.25) is 0 Å². The first-order valence-corrected chi connectivity index (χ1v) is 10.3. The van der Waals surface area contributed by atoms with Crippen LogP contribution in [0.3, 0.4) is 0 Å². The fourth-order valence-electron chi connectivity index (χ4n) is 2.47. The van der Waals surface area contributed by atoms with Crippen LogP contribution in [-0.2, 0) is 0 Å². The summed E-state index contributed by atoms with van der Waals surface area (Å²) in [5.74, 6) is 0.112. The number of halogens is 1. The van der Waals surface area contributed by atoms with Gasteiger partial charge in [0.25, 0.3) is 5.91 Å². The fraction of sp³-hybridized carbons (Fsp3) is 0.250. The Labute approximate surface area is 178 Å². The van der Waals surface area contributed by atoms with Crippen LogP contribution in [0.5, 0.6) is 0 Å². The Kier molecular flexibility index (Phi) is 7.81. The first-order chi connectivity index (χ1) is 13.9. The number of benzene rings is 1. The van der Waals surface area contributed by atoms with Crippen molar-refractivity contribution in [3.63, 3.8) is 0 Å². The number of pyridine rings is 1. The van der Waals surface area contributed by atoms with Crippen LogP contribution >= 0.6 is 22.9 Å². The van der Waals surface area contributed by atoms with E-state index in [0.717, 1.165) is 16.6 Å². The van der Waals surface area contributed by atoms with Crippen molar-refractivity contribution < 1.29 is 4.79 Å². The zero-order valence-corrected chi connectivity index (χ0v) is 18.2. The molecule has 0 aliphatic rings. The quantitative estimate of drug-likeness (QED) is 0.378. The Morgan fingerprint density at radius 3 is 2.62 bits per heavy atom. The van der Waals surface area contributed by atoms with Crippen LogP contribution in [0, 0.1) is 10.8 Å². The zero-order chi connectivity index (χ0) is 21.6. The van der Waals surface area contributed by atoms with Gasteiger partial charge in [0.15, 0.2) is 10.3 Å². The lowest BCUT2D eigenvalue weighted by molar-refractivity contribution is 0.102. The molecule has 1 amide bonds. The molecule has 3 aromatic rings. The molecule has 9 heteroatoms. The van der Waals surface area contributed by atoms with Crippen LogP contribution in [0.25, 0.3) is 10.2 Å². The molecule has 0 aliphatic heterocycles. The monoisotopic (exact) mass is 430 g/mol. The summed E-state index contributed by atoms with van der Waals surface area (Å²) in [6.07, 6.45) is 1.09. The maximum Gasteiger partial charge on any atom is 0.256 e. The Hall–Kier alpha value is -2.84. The number of fused-ring (bicyclic) bond motifs is 1. The largest absolute Gasteiger partial charge is 0.314 e. The predicted molar refractivity (Wildman–Crippen MR) is 121 cm³/mol. The molecule has 0 aliphatic carbocycles. The standard InChI is InChI=1S/C18H17ClN6OS.C2H6/c1-10(2)25(9-20)16(21)13-4-3-5-15(22-13)24-17(26)11-6-7-12-14(8-11)27-18(19)23-12;1-2/h3-10,20-21H,1-2H3,(H,22,24,26);1-2H3. The summed E-state index contributed by atoms with van der Waals surface area (Å²) in [7, 11) is 0. The Balaban J connectivity index is 0.00000145. The molecule has 2 heterocycles. The van der Waals surface area contributed by atoms with E-state index in [0.29, 0.717) is 21.5 Å². The fourth-order valence-corrected chi connectivity index (χ4v) is 3.54. The van der Waals surface area contributed by atoms with Gasteiger partial charge < -0.3 is 10.2 Å². The molecule has 3 rings (SSSR count). The number of carbonyl (C=O) groups excluding carboxylic acids is 1. The molecule has 0 saturated carbocycles. The zero-order valence-electron chi connectivity index (χ0n) is 16.7. The van der Waals surface area contributed by atoms with E-state index in [1.54, 1.807) is 36.4 Å². The van der Waals surface area contributed by atoms with E-state index in [1.807, 2.05) is 27.7 Å². The lowest BCUT2D eigenvalue weighted by atomic mass is 10.2. The normalized spacial score (nSPS) is 10.3. The van der Waals surface area contributed by atoms with Crippen LogP contribution in [0.15, 0.2) is 36.4 Å². The van der Waals surface area contributed by atoms with Gasteiger partial charge >= 0.3 is 0 Å². The Morgan fingerprint density at radius 1 is 1.24 bits per heavy atom. The third kappa shape index (κ3) is 5.36. The van der Waals surface area contributed by atoms with Gasteiger partial charge in [0.05, 0.1) is 16.6 Å². The van der Waals surface area contributed by atoms with E-state index in [2.05, 4.69) is 15.3 Å². The SMILES string of the molecule is CC.CC(C)N(C=N)C(=N)c1cccc(NC(=O)c2ccc3nc(Cl)sc3c2)n1. The van der Waals surface area contributed by atoms with Crippen LogP contribution in [0.2, 0.25) is 4.47 Å². The maximum atomic E-state index is 12.5. The highest BCUT2D eigenvalue weighted by Gasteiger charge is 2.16. The van der Waals surface area contributed by atoms with Crippen molar-refractivity contribution in [3.05, 3.63) is 52.1 Å². The van der Waals surface area contributed by atoms with E-state index in [-0.39, 0.29) is 17.8 Å². The van der Waals surface area contributed by atoms with E-state index in [4.69, 9.17) is 22.4 Å². The second-order valence-electron chi connectivity index (χ2n) is 5.99. The first kappa shape index (κ1) is 22.4. The number of aromatic nitrogens is 2. The summed E-state index contributed by atoms with van der Waals surface area (Å²) in [5.41, 5.74) is 1.58. The number of hydrogen-bond donors (Lipinski definition) is 3. The van der Waals surface area contributed by atoms with Gasteiger partial charge in [-0.1, -0.05) is 31.5 Å². The number of thiazole rings is 1. The second kappa shape index (κ2) is 10.1. The number of carbonyl (C=O) groups is 1. The average Bonchev–Trinajstić information content (AvgIpc) is 3.09. The highest BCUT2D eigenvalue weighted by Crippen LogP contribution is 2.26. The lowest BCUT2D eigenvalue weighted by Crippen LogP contribution is -2.36. The molecule has 0 atom stereocenters. The van der Waals surface area contributed by atoms with Crippen molar-refractivity contribution in [2.24, 2.45) is 0 Å². The highest BCUT2D eigenvalue weighted by atomic mass is 35.5. The Morgan fingerprint density at radius 2 is 1.97 bits per heavy atom. The number of anilines is 1. The lowest BCUT2D eigenvalue weighted by Gasteiger charge is -2.23. The van der Waals surface area contributed by atoms with Gasteiger partial charge in [-0.3, -0.25) is 15.6 Å². The summed E-state index contributed by atoms with van der Waals surface area (Å²) < 4.78 is 1.26. The molecule has 0 bridgehead atoms. The van der Waals surface area contributed by atoms with Crippen molar-refractivity contribution in [1.29, 1.82) is 10.8 Å². The molecule has 0 fully saturated rings. The number of nitrogens with one attached hydrogen (secondary N) is 3. The van der Waals surface area contributed by atoms with Crippen LogP contribution in [0.1, 0.15) is 43.7 Å². The Bertz CT molecular complexity index is 1030. The number of hydrogen-bond acceptors (Lipinski definition) is 6. The maximum absolute atomic E-state index is 12.5. The molecule has 152 valence electrons. The molecule has 1 aromatic carbocycles. The number of nitrogens with zero attached hydrogens (tertiary/aromatic N) is 3. The first-order valence-electron chi connectivity index (χ1n) is 9.11. The third-order valence-corrected chi connectivity index (χ3v) is 4.93. The number of amides is 1. The van der Waals surface area contributed by atoms with E-state index in [9.17, 15) is 4.79 Å². The summed E-state index contributed by atoms with van der Waals surface area (Å²) in [6.45, 7) is 7.76. The minimum absolute atomic E-state index is 0.0481. The van der Waals surface area contributed by atoms with Gasteiger partial charge in [0, 0.05) is 11.6 Å².